The van der Waals surface area contributed by atoms with E-state index in [2.05, 4.69) is 5.32 Å². The Bertz CT molecular complexity index is 484. The summed E-state index contributed by atoms with van der Waals surface area (Å²) in [5, 5.41) is 2.89. The first-order valence-corrected chi connectivity index (χ1v) is 7.65. The van der Waals surface area contributed by atoms with Crippen LogP contribution in [-0.2, 0) is 21.3 Å². The van der Waals surface area contributed by atoms with E-state index in [-0.39, 0.29) is 11.1 Å². The highest BCUT2D eigenvalue weighted by Gasteiger charge is 2.30. The van der Waals surface area contributed by atoms with E-state index in [0.717, 1.165) is 0 Å². The number of nitrogens with one attached hydrogen (secondary N) is 1. The van der Waals surface area contributed by atoms with Crippen molar-refractivity contribution in [2.75, 3.05) is 27.3 Å². The van der Waals surface area contributed by atoms with Gasteiger partial charge in [0.05, 0.1) is 13.2 Å². The molecule has 1 aromatic heterocycles. The second-order valence-corrected chi connectivity index (χ2v) is 6.09. The van der Waals surface area contributed by atoms with E-state index in [4.69, 9.17) is 9.15 Å². The van der Waals surface area contributed by atoms with Crippen LogP contribution in [0.4, 0.5) is 0 Å². The predicted molar refractivity (Wildman–Crippen MR) is 72.4 cm³/mol. The largest absolute Gasteiger partial charge is 0.447 e. The van der Waals surface area contributed by atoms with Crippen molar-refractivity contribution in [1.82, 2.24) is 9.62 Å². The summed E-state index contributed by atoms with van der Waals surface area (Å²) < 4.78 is 36.7. The highest BCUT2D eigenvalue weighted by molar-refractivity contribution is 7.89. The van der Waals surface area contributed by atoms with Crippen LogP contribution in [0.5, 0.6) is 0 Å². The minimum absolute atomic E-state index is 0.0254. The molecule has 7 heteroatoms. The molecule has 0 fully saturated rings. The number of nitrogens with zero attached hydrogens (tertiary/aromatic N) is 1. The van der Waals surface area contributed by atoms with Gasteiger partial charge in [-0.1, -0.05) is 6.92 Å². The van der Waals surface area contributed by atoms with E-state index < -0.39 is 10.0 Å². The standard InChI is InChI=1S/C12H22N2O4S/c1-5-14(10(2)9-17-4)19(15,16)12-7-6-11(18-12)8-13-3/h6-7,10,13H,5,8-9H2,1-4H3. The first-order valence-electron chi connectivity index (χ1n) is 6.21. The lowest BCUT2D eigenvalue weighted by atomic mass is 10.4. The Labute approximate surface area is 114 Å². The van der Waals surface area contributed by atoms with Gasteiger partial charge in [0.2, 0.25) is 5.09 Å². The van der Waals surface area contributed by atoms with Gasteiger partial charge in [0.25, 0.3) is 10.0 Å². The molecule has 1 rings (SSSR count). The van der Waals surface area contributed by atoms with E-state index in [1.165, 1.54) is 10.4 Å². The number of ether oxygens (including phenoxy) is 1. The summed E-state index contributed by atoms with van der Waals surface area (Å²) in [6, 6.07) is 2.92. The number of hydrogen-bond acceptors (Lipinski definition) is 5. The van der Waals surface area contributed by atoms with E-state index >= 15 is 0 Å². The zero-order chi connectivity index (χ0) is 14.5. The molecule has 0 bridgehead atoms. The summed E-state index contributed by atoms with van der Waals surface area (Å²) in [6.07, 6.45) is 0. The molecule has 0 aromatic carbocycles. The third-order valence-corrected chi connectivity index (χ3v) is 4.73. The molecule has 1 heterocycles. The first-order chi connectivity index (χ1) is 8.97. The smallest absolute Gasteiger partial charge is 0.276 e. The van der Waals surface area contributed by atoms with Gasteiger partial charge in [0.1, 0.15) is 5.76 Å². The highest BCUT2D eigenvalue weighted by Crippen LogP contribution is 2.20. The molecule has 1 atom stereocenters. The van der Waals surface area contributed by atoms with Crippen LogP contribution in [-0.4, -0.2) is 46.1 Å². The van der Waals surface area contributed by atoms with Crippen molar-refractivity contribution in [2.24, 2.45) is 0 Å². The Balaban J connectivity index is 2.99. The van der Waals surface area contributed by atoms with Crippen LogP contribution in [0.1, 0.15) is 19.6 Å². The van der Waals surface area contributed by atoms with Gasteiger partial charge in [-0.25, -0.2) is 8.42 Å². The third kappa shape index (κ3) is 3.79. The fraction of sp³-hybridized carbons (Fsp3) is 0.667. The monoisotopic (exact) mass is 290 g/mol. The average Bonchev–Trinajstić information content (AvgIpc) is 2.79. The Morgan fingerprint density at radius 3 is 2.68 bits per heavy atom. The van der Waals surface area contributed by atoms with Gasteiger partial charge < -0.3 is 14.5 Å². The molecular formula is C12H22N2O4S. The molecule has 0 aliphatic carbocycles. The van der Waals surface area contributed by atoms with Gasteiger partial charge in [-0.2, -0.15) is 4.31 Å². The molecule has 1 N–H and O–H groups in total. The average molecular weight is 290 g/mol. The molecule has 0 aliphatic rings. The van der Waals surface area contributed by atoms with E-state index in [1.54, 1.807) is 27.1 Å². The maximum atomic E-state index is 12.5. The van der Waals surface area contributed by atoms with Crippen LogP contribution in [0.15, 0.2) is 21.6 Å². The Morgan fingerprint density at radius 1 is 1.47 bits per heavy atom. The summed E-state index contributed by atoms with van der Waals surface area (Å²) in [6.45, 7) is 4.81. The fourth-order valence-corrected chi connectivity index (χ4v) is 3.48. The number of likely N-dealkylation sites (N-methyl/N-ethyl adjacent to an activating group) is 1. The van der Waals surface area contributed by atoms with Crippen LogP contribution in [0.25, 0.3) is 0 Å². The number of furan rings is 1. The van der Waals surface area contributed by atoms with Crippen molar-refractivity contribution in [3.63, 3.8) is 0 Å². The molecular weight excluding hydrogens is 268 g/mol. The Kier molecular flexibility index (Phi) is 5.99. The van der Waals surface area contributed by atoms with Gasteiger partial charge in [0, 0.05) is 19.7 Å². The third-order valence-electron chi connectivity index (χ3n) is 2.76. The van der Waals surface area contributed by atoms with E-state index in [0.29, 0.717) is 25.5 Å². The lowest BCUT2D eigenvalue weighted by Crippen LogP contribution is -2.40. The molecule has 0 spiro atoms. The summed E-state index contributed by atoms with van der Waals surface area (Å²) in [5.41, 5.74) is 0. The summed E-state index contributed by atoms with van der Waals surface area (Å²) >= 11 is 0. The summed E-state index contributed by atoms with van der Waals surface area (Å²) in [5.74, 6) is 0.594. The number of hydrogen-bond donors (Lipinski definition) is 1. The molecule has 0 aliphatic heterocycles. The van der Waals surface area contributed by atoms with Crippen LogP contribution in [0.3, 0.4) is 0 Å². The van der Waals surface area contributed by atoms with Crippen molar-refractivity contribution in [3.05, 3.63) is 17.9 Å². The van der Waals surface area contributed by atoms with Crippen LogP contribution in [0.2, 0.25) is 0 Å². The van der Waals surface area contributed by atoms with Crippen molar-refractivity contribution in [3.8, 4) is 0 Å². The maximum absolute atomic E-state index is 12.5. The Morgan fingerprint density at radius 2 is 2.16 bits per heavy atom. The van der Waals surface area contributed by atoms with Crippen LogP contribution in [0, 0.1) is 0 Å². The minimum atomic E-state index is -3.61. The topological polar surface area (TPSA) is 71.8 Å². The van der Waals surface area contributed by atoms with Crippen molar-refractivity contribution < 1.29 is 17.6 Å². The zero-order valence-electron chi connectivity index (χ0n) is 11.8. The van der Waals surface area contributed by atoms with Gasteiger partial charge in [-0.05, 0) is 26.1 Å². The molecule has 0 saturated heterocycles. The quantitative estimate of drug-likeness (QED) is 0.774. The maximum Gasteiger partial charge on any atom is 0.276 e. The first kappa shape index (κ1) is 16.2. The van der Waals surface area contributed by atoms with Gasteiger partial charge in [-0.15, -0.1) is 0 Å². The molecule has 0 amide bonds. The molecule has 19 heavy (non-hydrogen) atoms. The van der Waals surface area contributed by atoms with Crippen molar-refractivity contribution in [1.29, 1.82) is 0 Å². The number of rotatable bonds is 8. The Hall–Kier alpha value is -0.890. The molecule has 0 radical (unpaired) electrons. The predicted octanol–water partition coefficient (Wildman–Crippen LogP) is 1.04. The minimum Gasteiger partial charge on any atom is -0.447 e. The second kappa shape index (κ2) is 7.04. The molecule has 1 aromatic rings. The highest BCUT2D eigenvalue weighted by atomic mass is 32.2. The van der Waals surface area contributed by atoms with Gasteiger partial charge in [0.15, 0.2) is 0 Å². The molecule has 0 saturated carbocycles. The van der Waals surface area contributed by atoms with Crippen molar-refractivity contribution >= 4 is 10.0 Å². The number of methoxy groups -OCH3 is 1. The van der Waals surface area contributed by atoms with Crippen molar-refractivity contribution in [2.45, 2.75) is 31.5 Å². The SMILES string of the molecule is CCN(C(C)COC)S(=O)(=O)c1ccc(CNC)o1. The van der Waals surface area contributed by atoms with Gasteiger partial charge >= 0.3 is 0 Å². The molecule has 110 valence electrons. The fourth-order valence-electron chi connectivity index (χ4n) is 1.92. The normalized spacial score (nSPS) is 13.9. The number of sulfonamides is 1. The van der Waals surface area contributed by atoms with Gasteiger partial charge in [-0.3, -0.25) is 0 Å². The lowest BCUT2D eigenvalue weighted by molar-refractivity contribution is 0.142. The van der Waals surface area contributed by atoms with Crippen LogP contribution < -0.4 is 5.32 Å². The second-order valence-electron chi connectivity index (χ2n) is 4.26. The zero-order valence-corrected chi connectivity index (χ0v) is 12.7. The molecule has 1 unspecified atom stereocenters. The molecule has 6 nitrogen and oxygen atoms in total. The lowest BCUT2D eigenvalue weighted by Gasteiger charge is -2.25. The van der Waals surface area contributed by atoms with E-state index in [1.807, 2.05) is 6.92 Å². The van der Waals surface area contributed by atoms with Crippen LogP contribution >= 0.6 is 0 Å². The van der Waals surface area contributed by atoms with E-state index in [9.17, 15) is 8.42 Å². The summed E-state index contributed by atoms with van der Waals surface area (Å²) in [4.78, 5) is 0. The summed E-state index contributed by atoms with van der Waals surface area (Å²) in [7, 11) is -0.287.